The Bertz CT molecular complexity index is 1190. The van der Waals surface area contributed by atoms with Crippen LogP contribution in [-0.2, 0) is 6.54 Å². The fourth-order valence-corrected chi connectivity index (χ4v) is 2.69. The second-order valence-electron chi connectivity index (χ2n) is 5.81. The minimum absolute atomic E-state index is 0.154. The van der Waals surface area contributed by atoms with Crippen LogP contribution in [0.4, 0.5) is 21.5 Å². The molecule has 0 unspecified atom stereocenters. The SMILES string of the molecule is O=c1c(NCc2ccc(F)c(O)c2)c(Nc2ccc3[nH]cnc3c2)c1=O. The van der Waals surface area contributed by atoms with E-state index < -0.39 is 22.4 Å². The molecule has 7 nitrogen and oxygen atoms in total. The Morgan fingerprint density at radius 2 is 1.88 bits per heavy atom. The van der Waals surface area contributed by atoms with Gasteiger partial charge in [-0.1, -0.05) is 6.07 Å². The minimum atomic E-state index is -0.723. The maximum Gasteiger partial charge on any atom is 0.253 e. The summed E-state index contributed by atoms with van der Waals surface area (Å²) < 4.78 is 13.1. The first-order valence-electron chi connectivity index (χ1n) is 7.77. The highest BCUT2D eigenvalue weighted by Crippen LogP contribution is 2.24. The van der Waals surface area contributed by atoms with E-state index in [9.17, 15) is 19.1 Å². The van der Waals surface area contributed by atoms with Gasteiger partial charge in [0.1, 0.15) is 11.4 Å². The number of anilines is 3. The van der Waals surface area contributed by atoms with Crippen LogP contribution in [-0.4, -0.2) is 15.1 Å². The van der Waals surface area contributed by atoms with Gasteiger partial charge < -0.3 is 20.7 Å². The fourth-order valence-electron chi connectivity index (χ4n) is 2.69. The number of hydrogen-bond acceptors (Lipinski definition) is 6. The number of nitrogens with one attached hydrogen (secondary N) is 3. The average molecular weight is 352 g/mol. The summed E-state index contributed by atoms with van der Waals surface area (Å²) in [5.41, 5.74) is 1.86. The Morgan fingerprint density at radius 1 is 1.08 bits per heavy atom. The number of phenols is 1. The maximum atomic E-state index is 13.1. The molecule has 4 N–H and O–H groups in total. The number of rotatable bonds is 5. The molecule has 1 aromatic heterocycles. The number of aromatic nitrogens is 2. The van der Waals surface area contributed by atoms with Gasteiger partial charge in [-0.15, -0.1) is 0 Å². The predicted molar refractivity (Wildman–Crippen MR) is 96.1 cm³/mol. The monoisotopic (exact) mass is 352 g/mol. The summed E-state index contributed by atoms with van der Waals surface area (Å²) in [6.07, 6.45) is 1.57. The van der Waals surface area contributed by atoms with Gasteiger partial charge in [0, 0.05) is 12.2 Å². The van der Waals surface area contributed by atoms with E-state index in [1.54, 1.807) is 18.5 Å². The topological polar surface area (TPSA) is 107 Å². The van der Waals surface area contributed by atoms with E-state index in [0.717, 1.165) is 17.1 Å². The van der Waals surface area contributed by atoms with Crippen LogP contribution in [0.15, 0.2) is 52.3 Å². The van der Waals surface area contributed by atoms with Crippen LogP contribution in [0.2, 0.25) is 0 Å². The molecule has 0 atom stereocenters. The van der Waals surface area contributed by atoms with Crippen molar-refractivity contribution in [2.75, 3.05) is 10.6 Å². The van der Waals surface area contributed by atoms with Crippen molar-refractivity contribution in [3.8, 4) is 5.75 Å². The molecule has 0 bridgehead atoms. The summed E-state index contributed by atoms with van der Waals surface area (Å²) in [7, 11) is 0. The highest BCUT2D eigenvalue weighted by atomic mass is 19.1. The van der Waals surface area contributed by atoms with Crippen molar-refractivity contribution in [1.82, 2.24) is 9.97 Å². The van der Waals surface area contributed by atoms with E-state index in [4.69, 9.17) is 0 Å². The van der Waals surface area contributed by atoms with Gasteiger partial charge in [-0.2, -0.15) is 0 Å². The van der Waals surface area contributed by atoms with Crippen molar-refractivity contribution in [2.24, 2.45) is 0 Å². The zero-order chi connectivity index (χ0) is 18.3. The Morgan fingerprint density at radius 3 is 2.69 bits per heavy atom. The zero-order valence-electron chi connectivity index (χ0n) is 13.3. The molecule has 26 heavy (non-hydrogen) atoms. The molecule has 1 heterocycles. The molecule has 0 saturated carbocycles. The summed E-state index contributed by atoms with van der Waals surface area (Å²) in [5.74, 6) is -1.20. The van der Waals surface area contributed by atoms with Crippen LogP contribution >= 0.6 is 0 Å². The summed E-state index contributed by atoms with van der Waals surface area (Å²) in [6.45, 7) is 0.159. The Hall–Kier alpha value is -3.68. The quantitative estimate of drug-likeness (QED) is 0.411. The Balaban J connectivity index is 1.54. The normalized spacial score (nSPS) is 11.1. The summed E-state index contributed by atoms with van der Waals surface area (Å²) in [4.78, 5) is 30.8. The average Bonchev–Trinajstić information content (AvgIpc) is 3.11. The zero-order valence-corrected chi connectivity index (χ0v) is 13.3. The highest BCUT2D eigenvalue weighted by Gasteiger charge is 2.21. The molecule has 0 amide bonds. The van der Waals surface area contributed by atoms with Crippen molar-refractivity contribution in [2.45, 2.75) is 6.54 Å². The Kier molecular flexibility index (Phi) is 3.65. The molecule has 0 aliphatic rings. The number of hydrogen-bond donors (Lipinski definition) is 4. The lowest BCUT2D eigenvalue weighted by molar-refractivity contribution is 0.431. The first-order chi connectivity index (χ1) is 12.5. The number of phenolic OH excluding ortho intramolecular Hbond substituents is 1. The number of H-pyrrole nitrogens is 1. The molecule has 0 fully saturated rings. The number of imidazole rings is 1. The third kappa shape index (κ3) is 2.67. The van der Waals surface area contributed by atoms with Crippen LogP contribution in [0.25, 0.3) is 11.0 Å². The molecule has 8 heteroatoms. The van der Waals surface area contributed by atoms with Gasteiger partial charge in [0.05, 0.1) is 17.4 Å². The van der Waals surface area contributed by atoms with Crippen LogP contribution in [0.1, 0.15) is 5.56 Å². The third-order valence-electron chi connectivity index (χ3n) is 4.08. The molecule has 3 aromatic carbocycles. The van der Waals surface area contributed by atoms with Crippen LogP contribution in [0.3, 0.4) is 0 Å². The first-order valence-corrected chi connectivity index (χ1v) is 7.77. The largest absolute Gasteiger partial charge is 0.505 e. The highest BCUT2D eigenvalue weighted by molar-refractivity contribution is 5.84. The molecule has 4 aromatic rings. The van der Waals surface area contributed by atoms with Gasteiger partial charge in [0.25, 0.3) is 10.9 Å². The molecule has 4 rings (SSSR count). The molecular weight excluding hydrogens is 339 g/mol. The van der Waals surface area contributed by atoms with E-state index in [1.807, 2.05) is 6.07 Å². The van der Waals surface area contributed by atoms with Gasteiger partial charge in [-0.3, -0.25) is 9.59 Å². The number of halogens is 1. The van der Waals surface area contributed by atoms with Gasteiger partial charge in [-0.25, -0.2) is 9.37 Å². The molecule has 0 aliphatic heterocycles. The van der Waals surface area contributed by atoms with Crippen molar-refractivity contribution in [3.05, 3.63) is 74.6 Å². The smallest absolute Gasteiger partial charge is 0.253 e. The molecule has 0 aliphatic carbocycles. The molecule has 0 spiro atoms. The molecule has 130 valence electrons. The number of nitrogens with zero attached hydrogens (tertiary/aromatic N) is 1. The van der Waals surface area contributed by atoms with E-state index in [-0.39, 0.29) is 17.9 Å². The van der Waals surface area contributed by atoms with Gasteiger partial charge in [0.15, 0.2) is 11.6 Å². The van der Waals surface area contributed by atoms with Crippen LogP contribution in [0.5, 0.6) is 5.75 Å². The Labute approximate surface area is 145 Å². The van der Waals surface area contributed by atoms with E-state index >= 15 is 0 Å². The summed E-state index contributed by atoms with van der Waals surface area (Å²) in [5, 5.41) is 15.2. The van der Waals surface area contributed by atoms with Crippen molar-refractivity contribution < 1.29 is 9.50 Å². The van der Waals surface area contributed by atoms with Crippen molar-refractivity contribution in [1.29, 1.82) is 0 Å². The lowest BCUT2D eigenvalue weighted by atomic mass is 10.1. The molecule has 0 radical (unpaired) electrons. The van der Waals surface area contributed by atoms with Gasteiger partial charge >= 0.3 is 0 Å². The summed E-state index contributed by atoms with van der Waals surface area (Å²) in [6, 6.07) is 9.19. The molecular formula is C18H13FN4O3. The van der Waals surface area contributed by atoms with Crippen molar-refractivity contribution >= 4 is 28.1 Å². The van der Waals surface area contributed by atoms with E-state index in [0.29, 0.717) is 11.3 Å². The number of benzene rings is 2. The van der Waals surface area contributed by atoms with Crippen LogP contribution < -0.4 is 21.5 Å². The van der Waals surface area contributed by atoms with Gasteiger partial charge in [0.2, 0.25) is 0 Å². The van der Waals surface area contributed by atoms with Gasteiger partial charge in [-0.05, 0) is 35.9 Å². The predicted octanol–water partition coefficient (Wildman–Crippen LogP) is 2.36. The second kappa shape index (κ2) is 5.99. The molecule has 0 saturated heterocycles. The number of aromatic amines is 1. The lowest BCUT2D eigenvalue weighted by Crippen LogP contribution is -2.36. The fraction of sp³-hybridized carbons (Fsp3) is 0.0556. The first kappa shape index (κ1) is 15.8. The number of aromatic hydroxyl groups is 1. The van der Waals surface area contributed by atoms with E-state index in [2.05, 4.69) is 20.6 Å². The standard InChI is InChI=1S/C18H13FN4O3/c19-11-3-1-9(5-14(11)24)7-20-15-16(18(26)17(15)25)23-10-2-4-12-13(6-10)22-8-21-12/h1-6,8,20,23-24H,7H2,(H,21,22). The third-order valence-corrected chi connectivity index (χ3v) is 4.08. The van der Waals surface area contributed by atoms with E-state index in [1.165, 1.54) is 12.1 Å². The minimum Gasteiger partial charge on any atom is -0.505 e. The van der Waals surface area contributed by atoms with Crippen molar-refractivity contribution in [3.63, 3.8) is 0 Å². The van der Waals surface area contributed by atoms with Crippen LogP contribution in [0, 0.1) is 5.82 Å². The number of fused-ring (bicyclic) bond motifs is 1. The second-order valence-corrected chi connectivity index (χ2v) is 5.81. The maximum absolute atomic E-state index is 13.1. The lowest BCUT2D eigenvalue weighted by Gasteiger charge is -2.15. The summed E-state index contributed by atoms with van der Waals surface area (Å²) >= 11 is 0.